The maximum Gasteiger partial charge on any atom is 0.0113 e. The Bertz CT molecular complexity index is 231. The summed E-state index contributed by atoms with van der Waals surface area (Å²) in [7, 11) is 0. The molecule has 0 radical (unpaired) electrons. The molecule has 106 valence electrons. The van der Waals surface area contributed by atoms with Crippen LogP contribution < -0.4 is 10.6 Å². The molecule has 0 aromatic carbocycles. The van der Waals surface area contributed by atoms with E-state index in [4.69, 9.17) is 0 Å². The summed E-state index contributed by atoms with van der Waals surface area (Å²) in [6.07, 6.45) is 9.67. The average Bonchev–Trinajstić information content (AvgIpc) is 3.00. The zero-order valence-electron chi connectivity index (χ0n) is 12.5. The summed E-state index contributed by atoms with van der Waals surface area (Å²) in [5.41, 5.74) is 0. The minimum atomic E-state index is 0.687. The molecule has 1 saturated carbocycles. The molecule has 1 aliphatic carbocycles. The lowest BCUT2D eigenvalue weighted by Crippen LogP contribution is -2.47. The van der Waals surface area contributed by atoms with E-state index in [-0.39, 0.29) is 0 Å². The molecule has 4 unspecified atom stereocenters. The van der Waals surface area contributed by atoms with Crippen LogP contribution in [0.2, 0.25) is 0 Å². The van der Waals surface area contributed by atoms with E-state index < -0.39 is 0 Å². The Kier molecular flexibility index (Phi) is 5.50. The van der Waals surface area contributed by atoms with Crippen molar-refractivity contribution in [2.24, 2.45) is 11.8 Å². The van der Waals surface area contributed by atoms with Crippen LogP contribution in [0.25, 0.3) is 0 Å². The van der Waals surface area contributed by atoms with E-state index in [0.717, 1.165) is 23.9 Å². The van der Waals surface area contributed by atoms with Crippen molar-refractivity contribution in [2.75, 3.05) is 6.54 Å². The molecule has 2 aliphatic rings. The van der Waals surface area contributed by atoms with Gasteiger partial charge in [-0.15, -0.1) is 0 Å². The van der Waals surface area contributed by atoms with Gasteiger partial charge in [0.15, 0.2) is 0 Å². The zero-order chi connectivity index (χ0) is 13.0. The second-order valence-electron chi connectivity index (χ2n) is 6.44. The van der Waals surface area contributed by atoms with Gasteiger partial charge in [-0.05, 0) is 51.0 Å². The summed E-state index contributed by atoms with van der Waals surface area (Å²) in [5, 5.41) is 7.69. The van der Waals surface area contributed by atoms with E-state index in [1.807, 2.05) is 0 Å². The Labute approximate surface area is 113 Å². The van der Waals surface area contributed by atoms with Crippen molar-refractivity contribution in [1.29, 1.82) is 0 Å². The van der Waals surface area contributed by atoms with Crippen LogP contribution in [0.1, 0.15) is 65.7 Å². The number of rotatable bonds is 6. The lowest BCUT2D eigenvalue weighted by molar-refractivity contribution is 0.260. The fourth-order valence-corrected chi connectivity index (χ4v) is 4.22. The predicted octanol–water partition coefficient (Wildman–Crippen LogP) is 3.32. The van der Waals surface area contributed by atoms with Gasteiger partial charge in [-0.25, -0.2) is 0 Å². The molecule has 2 fully saturated rings. The highest BCUT2D eigenvalue weighted by Gasteiger charge is 2.35. The first-order valence-electron chi connectivity index (χ1n) is 8.25. The molecule has 2 rings (SSSR count). The highest BCUT2D eigenvalue weighted by atomic mass is 15.0. The third-order valence-electron chi connectivity index (χ3n) is 5.42. The lowest BCUT2D eigenvalue weighted by Gasteiger charge is -2.32. The molecule has 0 aromatic rings. The van der Waals surface area contributed by atoms with E-state index in [1.165, 1.54) is 51.5 Å². The summed E-state index contributed by atoms with van der Waals surface area (Å²) in [5.74, 6) is 1.74. The zero-order valence-corrected chi connectivity index (χ0v) is 12.5. The smallest absolute Gasteiger partial charge is 0.0113 e. The van der Waals surface area contributed by atoms with Gasteiger partial charge in [0.1, 0.15) is 0 Å². The van der Waals surface area contributed by atoms with Gasteiger partial charge in [0.05, 0.1) is 0 Å². The van der Waals surface area contributed by atoms with E-state index in [1.54, 1.807) is 0 Å². The van der Waals surface area contributed by atoms with Crippen LogP contribution in [0.4, 0.5) is 0 Å². The first kappa shape index (κ1) is 14.3. The summed E-state index contributed by atoms with van der Waals surface area (Å²) < 4.78 is 0. The van der Waals surface area contributed by atoms with Crippen molar-refractivity contribution >= 4 is 0 Å². The third kappa shape index (κ3) is 3.27. The van der Waals surface area contributed by atoms with Gasteiger partial charge in [-0.1, -0.05) is 33.1 Å². The first-order chi connectivity index (χ1) is 8.76. The summed E-state index contributed by atoms with van der Waals surface area (Å²) in [6.45, 7) is 8.30. The molecule has 2 heteroatoms. The SMILES string of the molecule is CCC(CC)C(C)NC1CCCC1C1CCCN1. The van der Waals surface area contributed by atoms with Crippen molar-refractivity contribution in [1.82, 2.24) is 10.6 Å². The molecule has 0 amide bonds. The molecule has 2 N–H and O–H groups in total. The molecule has 1 aliphatic heterocycles. The van der Waals surface area contributed by atoms with Crippen molar-refractivity contribution in [3.05, 3.63) is 0 Å². The Morgan fingerprint density at radius 1 is 1.11 bits per heavy atom. The van der Waals surface area contributed by atoms with Gasteiger partial charge in [0.25, 0.3) is 0 Å². The van der Waals surface area contributed by atoms with Crippen LogP contribution in [0.15, 0.2) is 0 Å². The van der Waals surface area contributed by atoms with Gasteiger partial charge in [0.2, 0.25) is 0 Å². The van der Waals surface area contributed by atoms with Crippen molar-refractivity contribution in [2.45, 2.75) is 83.8 Å². The van der Waals surface area contributed by atoms with Gasteiger partial charge < -0.3 is 10.6 Å². The van der Waals surface area contributed by atoms with Gasteiger partial charge >= 0.3 is 0 Å². The molecular formula is C16H32N2. The summed E-state index contributed by atoms with van der Waals surface area (Å²) in [6, 6.07) is 2.27. The normalized spacial score (nSPS) is 34.3. The van der Waals surface area contributed by atoms with E-state index >= 15 is 0 Å². The number of nitrogens with one attached hydrogen (secondary N) is 2. The molecule has 4 atom stereocenters. The topological polar surface area (TPSA) is 24.1 Å². The summed E-state index contributed by atoms with van der Waals surface area (Å²) in [4.78, 5) is 0. The monoisotopic (exact) mass is 252 g/mol. The van der Waals surface area contributed by atoms with E-state index in [0.29, 0.717) is 6.04 Å². The van der Waals surface area contributed by atoms with Crippen LogP contribution in [0, 0.1) is 11.8 Å². The van der Waals surface area contributed by atoms with Gasteiger partial charge in [-0.3, -0.25) is 0 Å². The fourth-order valence-electron chi connectivity index (χ4n) is 4.22. The van der Waals surface area contributed by atoms with Crippen LogP contribution >= 0.6 is 0 Å². The second kappa shape index (κ2) is 6.91. The second-order valence-corrected chi connectivity index (χ2v) is 6.44. The van der Waals surface area contributed by atoms with Crippen LogP contribution in [-0.4, -0.2) is 24.7 Å². The highest BCUT2D eigenvalue weighted by molar-refractivity contribution is 4.94. The molecule has 1 saturated heterocycles. The van der Waals surface area contributed by atoms with Crippen molar-refractivity contribution in [3.63, 3.8) is 0 Å². The Hall–Kier alpha value is -0.0800. The van der Waals surface area contributed by atoms with Gasteiger partial charge in [0, 0.05) is 18.1 Å². The predicted molar refractivity (Wildman–Crippen MR) is 78.8 cm³/mol. The summed E-state index contributed by atoms with van der Waals surface area (Å²) >= 11 is 0. The number of hydrogen-bond donors (Lipinski definition) is 2. The van der Waals surface area contributed by atoms with Gasteiger partial charge in [-0.2, -0.15) is 0 Å². The quantitative estimate of drug-likeness (QED) is 0.758. The standard InChI is InChI=1S/C16H32N2/c1-4-13(5-2)12(3)18-16-9-6-8-14(16)15-10-7-11-17-15/h12-18H,4-11H2,1-3H3. The maximum atomic E-state index is 3.97. The molecule has 0 bridgehead atoms. The molecule has 0 spiro atoms. The highest BCUT2D eigenvalue weighted by Crippen LogP contribution is 2.32. The Morgan fingerprint density at radius 3 is 2.50 bits per heavy atom. The van der Waals surface area contributed by atoms with E-state index in [2.05, 4.69) is 31.4 Å². The average molecular weight is 252 g/mol. The molecule has 1 heterocycles. The molecule has 18 heavy (non-hydrogen) atoms. The largest absolute Gasteiger partial charge is 0.314 e. The van der Waals surface area contributed by atoms with Crippen molar-refractivity contribution in [3.8, 4) is 0 Å². The van der Waals surface area contributed by atoms with Crippen LogP contribution in [-0.2, 0) is 0 Å². The Morgan fingerprint density at radius 2 is 1.89 bits per heavy atom. The third-order valence-corrected chi connectivity index (χ3v) is 5.42. The maximum absolute atomic E-state index is 3.97. The lowest BCUT2D eigenvalue weighted by atomic mass is 9.90. The molecule has 2 nitrogen and oxygen atoms in total. The molecule has 0 aromatic heterocycles. The van der Waals surface area contributed by atoms with Crippen molar-refractivity contribution < 1.29 is 0 Å². The van der Waals surface area contributed by atoms with Crippen LogP contribution in [0.5, 0.6) is 0 Å². The fraction of sp³-hybridized carbons (Fsp3) is 1.00. The minimum absolute atomic E-state index is 0.687. The van der Waals surface area contributed by atoms with Crippen LogP contribution in [0.3, 0.4) is 0 Å². The Balaban J connectivity index is 1.86. The van der Waals surface area contributed by atoms with E-state index in [9.17, 15) is 0 Å². The number of hydrogen-bond acceptors (Lipinski definition) is 2. The first-order valence-corrected chi connectivity index (χ1v) is 8.25. The minimum Gasteiger partial charge on any atom is -0.314 e. The molecular weight excluding hydrogens is 220 g/mol.